The minimum Gasteiger partial charge on any atom is -0.504 e. The van der Waals surface area contributed by atoms with Gasteiger partial charge >= 0.3 is 0 Å². The molecule has 12 heavy (non-hydrogen) atoms. The summed E-state index contributed by atoms with van der Waals surface area (Å²) in [6, 6.07) is 2.46. The molecule has 4 heteroatoms. The molecule has 0 aliphatic carbocycles. The average molecular weight is 256 g/mol. The van der Waals surface area contributed by atoms with Gasteiger partial charge in [0.25, 0.3) is 0 Å². The molecule has 1 rings (SSSR count). The molecular formula is C8H9BrClFO. The van der Waals surface area contributed by atoms with Crippen molar-refractivity contribution in [1.29, 1.82) is 0 Å². The molecular weight excluding hydrogens is 246 g/mol. The monoisotopic (exact) mass is 254 g/mol. The quantitative estimate of drug-likeness (QED) is 0.743. The van der Waals surface area contributed by atoms with Crippen molar-refractivity contribution in [3.8, 4) is 5.75 Å². The maximum atomic E-state index is 12.5. The number of hydrogen-bond donors (Lipinski definition) is 1. The predicted molar refractivity (Wildman–Crippen MR) is 52.1 cm³/mol. The Balaban J connectivity index is 0.000000561. The Kier molecular flexibility index (Phi) is 5.25. The van der Waals surface area contributed by atoms with Crippen LogP contribution in [0.3, 0.4) is 0 Å². The first-order valence-corrected chi connectivity index (χ1v) is 4.62. The van der Waals surface area contributed by atoms with E-state index in [2.05, 4.69) is 15.9 Å². The summed E-state index contributed by atoms with van der Waals surface area (Å²) in [5.41, 5.74) is 0. The molecule has 0 unspecified atom stereocenters. The third-order valence-corrected chi connectivity index (χ3v) is 1.80. The molecule has 0 radical (unpaired) electrons. The van der Waals surface area contributed by atoms with E-state index in [1.165, 1.54) is 6.07 Å². The number of hydrogen-bond acceptors (Lipinski definition) is 1. The van der Waals surface area contributed by atoms with E-state index in [9.17, 15) is 4.39 Å². The first kappa shape index (κ1) is 11.7. The van der Waals surface area contributed by atoms with Crippen molar-refractivity contribution >= 4 is 27.5 Å². The third-order valence-electron chi connectivity index (χ3n) is 0.982. The molecule has 1 aromatic carbocycles. The van der Waals surface area contributed by atoms with Crippen LogP contribution in [-0.2, 0) is 0 Å². The zero-order valence-electron chi connectivity index (χ0n) is 6.74. The lowest BCUT2D eigenvalue weighted by atomic mass is 10.3. The summed E-state index contributed by atoms with van der Waals surface area (Å²) in [6.45, 7) is 4.00. The van der Waals surface area contributed by atoms with Gasteiger partial charge < -0.3 is 5.11 Å². The Hall–Kier alpha value is -0.280. The van der Waals surface area contributed by atoms with E-state index < -0.39 is 11.6 Å². The highest BCUT2D eigenvalue weighted by molar-refractivity contribution is 9.10. The van der Waals surface area contributed by atoms with Crippen LogP contribution in [0, 0.1) is 5.82 Å². The Morgan fingerprint density at radius 3 is 2.33 bits per heavy atom. The van der Waals surface area contributed by atoms with Gasteiger partial charge in [-0.1, -0.05) is 25.4 Å². The molecule has 0 bridgehead atoms. The topological polar surface area (TPSA) is 20.2 Å². The van der Waals surface area contributed by atoms with Crippen molar-refractivity contribution in [2.45, 2.75) is 13.8 Å². The normalized spacial score (nSPS) is 8.75. The molecule has 0 atom stereocenters. The summed E-state index contributed by atoms with van der Waals surface area (Å²) in [5.74, 6) is -1.14. The van der Waals surface area contributed by atoms with E-state index in [0.717, 1.165) is 6.07 Å². The Morgan fingerprint density at radius 2 is 1.92 bits per heavy atom. The molecule has 0 aliphatic rings. The highest BCUT2D eigenvalue weighted by atomic mass is 79.9. The fourth-order valence-electron chi connectivity index (χ4n) is 0.535. The molecule has 1 aromatic rings. The summed E-state index contributed by atoms with van der Waals surface area (Å²) in [5, 5.41) is 9.10. The van der Waals surface area contributed by atoms with Crippen LogP contribution in [0.25, 0.3) is 0 Å². The minimum absolute atomic E-state index is 0.252. The lowest BCUT2D eigenvalue weighted by molar-refractivity contribution is 0.429. The highest BCUT2D eigenvalue weighted by Gasteiger charge is 2.05. The van der Waals surface area contributed by atoms with Gasteiger partial charge in [0.1, 0.15) is 0 Å². The fourth-order valence-corrected chi connectivity index (χ4v) is 1.31. The van der Waals surface area contributed by atoms with Crippen molar-refractivity contribution in [2.24, 2.45) is 0 Å². The van der Waals surface area contributed by atoms with Crippen LogP contribution in [0.4, 0.5) is 4.39 Å². The molecule has 0 saturated heterocycles. The molecule has 68 valence electrons. The lowest BCUT2D eigenvalue weighted by Gasteiger charge is -1.97. The number of phenols is 1. The van der Waals surface area contributed by atoms with Gasteiger partial charge in [0, 0.05) is 5.02 Å². The van der Waals surface area contributed by atoms with E-state index in [4.69, 9.17) is 16.7 Å². The summed E-state index contributed by atoms with van der Waals surface area (Å²) in [4.78, 5) is 0. The smallest absolute Gasteiger partial charge is 0.167 e. The predicted octanol–water partition coefficient (Wildman–Crippen LogP) is 3.97. The summed E-state index contributed by atoms with van der Waals surface area (Å²) in [7, 11) is 0. The van der Waals surface area contributed by atoms with Gasteiger partial charge in [0.05, 0.1) is 4.47 Å². The van der Waals surface area contributed by atoms with Crippen molar-refractivity contribution in [1.82, 2.24) is 0 Å². The molecule has 0 heterocycles. The van der Waals surface area contributed by atoms with Crippen LogP contribution >= 0.6 is 27.5 Å². The van der Waals surface area contributed by atoms with Crippen molar-refractivity contribution in [3.05, 3.63) is 27.4 Å². The Labute approximate surface area is 84.3 Å². The molecule has 1 nitrogen and oxygen atoms in total. The number of benzene rings is 1. The van der Waals surface area contributed by atoms with Gasteiger partial charge in [-0.2, -0.15) is 0 Å². The molecule has 1 N–H and O–H groups in total. The van der Waals surface area contributed by atoms with Gasteiger partial charge in [0.15, 0.2) is 11.6 Å². The number of phenolic OH excluding ortho intramolecular Hbond substituents is 1. The summed E-state index contributed by atoms with van der Waals surface area (Å²) < 4.78 is 12.7. The van der Waals surface area contributed by atoms with Gasteiger partial charge in [0.2, 0.25) is 0 Å². The number of aromatic hydroxyl groups is 1. The second kappa shape index (κ2) is 5.38. The van der Waals surface area contributed by atoms with E-state index in [1.54, 1.807) is 0 Å². The highest BCUT2D eigenvalue weighted by Crippen LogP contribution is 2.29. The summed E-state index contributed by atoms with van der Waals surface area (Å²) >= 11 is 8.36. The largest absolute Gasteiger partial charge is 0.504 e. The second-order valence-corrected chi connectivity index (χ2v) is 3.01. The van der Waals surface area contributed by atoms with Crippen molar-refractivity contribution < 1.29 is 9.50 Å². The van der Waals surface area contributed by atoms with E-state index in [-0.39, 0.29) is 9.50 Å². The maximum absolute atomic E-state index is 12.5. The fraction of sp³-hybridized carbons (Fsp3) is 0.250. The van der Waals surface area contributed by atoms with Crippen LogP contribution in [0.1, 0.15) is 13.8 Å². The van der Waals surface area contributed by atoms with Crippen molar-refractivity contribution in [3.63, 3.8) is 0 Å². The first-order valence-electron chi connectivity index (χ1n) is 3.45. The standard InChI is InChI=1S/C6H3BrClFO.C2H6/c7-4-1-3(8)2-5(9)6(4)10;1-2/h1-2,10H;1-2H3. The lowest BCUT2D eigenvalue weighted by Crippen LogP contribution is -1.76. The Bertz CT molecular complexity index is 242. The molecule has 0 aliphatic heterocycles. The second-order valence-electron chi connectivity index (χ2n) is 1.72. The third kappa shape index (κ3) is 2.99. The van der Waals surface area contributed by atoms with Crippen LogP contribution in [0.5, 0.6) is 5.75 Å². The van der Waals surface area contributed by atoms with Gasteiger partial charge in [-0.05, 0) is 28.1 Å². The Morgan fingerprint density at radius 1 is 1.42 bits per heavy atom. The molecule has 0 spiro atoms. The SMILES string of the molecule is CC.Oc1c(F)cc(Cl)cc1Br. The van der Waals surface area contributed by atoms with Gasteiger partial charge in [-0.15, -0.1) is 0 Å². The first-order chi connectivity index (χ1) is 5.61. The van der Waals surface area contributed by atoms with E-state index in [1.807, 2.05) is 13.8 Å². The van der Waals surface area contributed by atoms with Gasteiger partial charge in [-0.25, -0.2) is 4.39 Å². The molecule has 0 aromatic heterocycles. The average Bonchev–Trinajstić information content (AvgIpc) is 2.04. The molecule has 0 saturated carbocycles. The van der Waals surface area contributed by atoms with Crippen molar-refractivity contribution in [2.75, 3.05) is 0 Å². The zero-order chi connectivity index (χ0) is 9.72. The van der Waals surface area contributed by atoms with Gasteiger partial charge in [-0.3, -0.25) is 0 Å². The zero-order valence-corrected chi connectivity index (χ0v) is 9.08. The van der Waals surface area contributed by atoms with E-state index >= 15 is 0 Å². The maximum Gasteiger partial charge on any atom is 0.167 e. The number of rotatable bonds is 0. The van der Waals surface area contributed by atoms with Crippen LogP contribution in [0.2, 0.25) is 5.02 Å². The molecule has 0 fully saturated rings. The van der Waals surface area contributed by atoms with E-state index in [0.29, 0.717) is 0 Å². The molecule has 0 amide bonds. The summed E-state index contributed by atoms with van der Waals surface area (Å²) in [6.07, 6.45) is 0. The van der Waals surface area contributed by atoms with Crippen LogP contribution in [0.15, 0.2) is 16.6 Å². The number of halogens is 3. The van der Waals surface area contributed by atoms with Crippen LogP contribution < -0.4 is 0 Å². The minimum atomic E-state index is -0.723. The van der Waals surface area contributed by atoms with Crippen LogP contribution in [-0.4, -0.2) is 5.11 Å².